The third-order valence-electron chi connectivity index (χ3n) is 2.91. The fourth-order valence-corrected chi connectivity index (χ4v) is 2.01. The minimum atomic E-state index is -0.811. The van der Waals surface area contributed by atoms with Crippen LogP contribution in [0.5, 0.6) is 0 Å². The van der Waals surface area contributed by atoms with Gasteiger partial charge in [-0.3, -0.25) is 0 Å². The fourth-order valence-electron chi connectivity index (χ4n) is 2.01. The number of hydrogen-bond donors (Lipinski definition) is 1. The van der Waals surface area contributed by atoms with Crippen LogP contribution in [-0.2, 0) is 7.05 Å². The van der Waals surface area contributed by atoms with Gasteiger partial charge in [0.15, 0.2) is 0 Å². The molecule has 1 aromatic heterocycles. The standard InChI is InChI=1S/C10H15N3O2/c1-12-6-9(11-7-12)8-2-4-13(5-3-8)10(14)15/h6-8H,2-5H2,1H3,(H,14,15). The third-order valence-corrected chi connectivity index (χ3v) is 2.91. The van der Waals surface area contributed by atoms with Crippen molar-refractivity contribution in [2.24, 2.45) is 7.05 Å². The van der Waals surface area contributed by atoms with Gasteiger partial charge in [0.2, 0.25) is 0 Å². The van der Waals surface area contributed by atoms with Crippen LogP contribution in [0.1, 0.15) is 24.5 Å². The molecule has 0 atom stereocenters. The summed E-state index contributed by atoms with van der Waals surface area (Å²) in [6.45, 7) is 1.24. The molecule has 2 heterocycles. The van der Waals surface area contributed by atoms with Gasteiger partial charge in [-0.15, -0.1) is 0 Å². The van der Waals surface area contributed by atoms with Crippen molar-refractivity contribution in [3.8, 4) is 0 Å². The number of carboxylic acid groups (broad SMARTS) is 1. The van der Waals surface area contributed by atoms with Crippen LogP contribution >= 0.6 is 0 Å². The average Bonchev–Trinajstić information content (AvgIpc) is 2.65. The average molecular weight is 209 g/mol. The van der Waals surface area contributed by atoms with E-state index in [0.717, 1.165) is 18.5 Å². The van der Waals surface area contributed by atoms with Crippen LogP contribution in [0.15, 0.2) is 12.5 Å². The Hall–Kier alpha value is -1.52. The Morgan fingerprint density at radius 2 is 2.20 bits per heavy atom. The van der Waals surface area contributed by atoms with Crippen LogP contribution in [0.4, 0.5) is 4.79 Å². The van der Waals surface area contributed by atoms with Crippen LogP contribution in [0.2, 0.25) is 0 Å². The number of piperidine rings is 1. The number of rotatable bonds is 1. The van der Waals surface area contributed by atoms with Gasteiger partial charge in [0.1, 0.15) is 0 Å². The number of likely N-dealkylation sites (tertiary alicyclic amines) is 1. The predicted molar refractivity (Wildman–Crippen MR) is 54.8 cm³/mol. The molecule has 0 aliphatic carbocycles. The Kier molecular flexibility index (Phi) is 2.62. The molecule has 5 heteroatoms. The maximum absolute atomic E-state index is 10.7. The summed E-state index contributed by atoms with van der Waals surface area (Å²) in [5, 5.41) is 8.81. The summed E-state index contributed by atoms with van der Waals surface area (Å²) in [7, 11) is 1.95. The number of imidazole rings is 1. The molecule has 0 unspecified atom stereocenters. The van der Waals surface area contributed by atoms with Gasteiger partial charge in [0.05, 0.1) is 12.0 Å². The zero-order chi connectivity index (χ0) is 10.8. The van der Waals surface area contributed by atoms with Crippen molar-refractivity contribution in [1.29, 1.82) is 0 Å². The van der Waals surface area contributed by atoms with E-state index in [1.807, 2.05) is 17.8 Å². The van der Waals surface area contributed by atoms with Gasteiger partial charge in [-0.25, -0.2) is 9.78 Å². The zero-order valence-corrected chi connectivity index (χ0v) is 8.76. The summed E-state index contributed by atoms with van der Waals surface area (Å²) in [5.41, 5.74) is 1.09. The summed E-state index contributed by atoms with van der Waals surface area (Å²) in [5.74, 6) is 0.418. The van der Waals surface area contributed by atoms with Crippen LogP contribution < -0.4 is 0 Å². The highest BCUT2D eigenvalue weighted by Crippen LogP contribution is 2.26. The number of amides is 1. The molecular weight excluding hydrogens is 194 g/mol. The van der Waals surface area contributed by atoms with Crippen LogP contribution in [-0.4, -0.2) is 38.7 Å². The van der Waals surface area contributed by atoms with Crippen molar-refractivity contribution in [2.45, 2.75) is 18.8 Å². The van der Waals surface area contributed by atoms with Crippen LogP contribution in [0.25, 0.3) is 0 Å². The first-order valence-corrected chi connectivity index (χ1v) is 5.12. The molecule has 0 aromatic carbocycles. The molecule has 0 bridgehead atoms. The Bertz CT molecular complexity index is 353. The smallest absolute Gasteiger partial charge is 0.407 e. The number of hydrogen-bond acceptors (Lipinski definition) is 2. The second-order valence-corrected chi connectivity index (χ2v) is 4.01. The lowest BCUT2D eigenvalue weighted by Gasteiger charge is -2.28. The Morgan fingerprint density at radius 1 is 1.53 bits per heavy atom. The van der Waals surface area contributed by atoms with Gasteiger partial charge in [0.25, 0.3) is 0 Å². The van der Waals surface area contributed by atoms with E-state index in [0.29, 0.717) is 19.0 Å². The van der Waals surface area contributed by atoms with Gasteiger partial charge in [-0.05, 0) is 12.8 Å². The molecule has 1 aliphatic rings. The van der Waals surface area contributed by atoms with Crippen LogP contribution in [0, 0.1) is 0 Å². The van der Waals surface area contributed by atoms with E-state index >= 15 is 0 Å². The Balaban J connectivity index is 1.96. The van der Waals surface area contributed by atoms with E-state index < -0.39 is 6.09 Å². The molecule has 0 radical (unpaired) electrons. The second-order valence-electron chi connectivity index (χ2n) is 4.01. The maximum atomic E-state index is 10.7. The van der Waals surface area contributed by atoms with Gasteiger partial charge in [-0.2, -0.15) is 0 Å². The maximum Gasteiger partial charge on any atom is 0.407 e. The van der Waals surface area contributed by atoms with Crippen molar-refractivity contribution in [3.63, 3.8) is 0 Å². The molecule has 0 spiro atoms. The highest BCUT2D eigenvalue weighted by atomic mass is 16.4. The molecule has 1 saturated heterocycles. The highest BCUT2D eigenvalue weighted by molar-refractivity contribution is 5.65. The minimum Gasteiger partial charge on any atom is -0.465 e. The SMILES string of the molecule is Cn1cnc(C2CCN(C(=O)O)CC2)c1. The molecule has 1 fully saturated rings. The van der Waals surface area contributed by atoms with Gasteiger partial charge in [-0.1, -0.05) is 0 Å². The summed E-state index contributed by atoms with van der Waals surface area (Å²) >= 11 is 0. The predicted octanol–water partition coefficient (Wildman–Crippen LogP) is 1.28. The molecule has 1 aromatic rings. The molecular formula is C10H15N3O2. The van der Waals surface area contributed by atoms with E-state index in [1.165, 1.54) is 4.90 Å². The first-order valence-electron chi connectivity index (χ1n) is 5.12. The van der Waals surface area contributed by atoms with E-state index in [1.54, 1.807) is 6.33 Å². The summed E-state index contributed by atoms with van der Waals surface area (Å²) in [6.07, 6.45) is 4.75. The van der Waals surface area contributed by atoms with E-state index in [-0.39, 0.29) is 0 Å². The van der Waals surface area contributed by atoms with Gasteiger partial charge >= 0.3 is 6.09 Å². The molecule has 1 amide bonds. The van der Waals surface area contributed by atoms with Crippen molar-refractivity contribution >= 4 is 6.09 Å². The topological polar surface area (TPSA) is 58.4 Å². The number of aryl methyl sites for hydroxylation is 1. The Labute approximate surface area is 88.3 Å². The first kappa shape index (κ1) is 10.0. The second kappa shape index (κ2) is 3.92. The molecule has 5 nitrogen and oxygen atoms in total. The molecule has 0 saturated carbocycles. The molecule has 15 heavy (non-hydrogen) atoms. The Morgan fingerprint density at radius 3 is 2.67 bits per heavy atom. The third kappa shape index (κ3) is 2.11. The summed E-state index contributed by atoms with van der Waals surface area (Å²) < 4.78 is 1.93. The van der Waals surface area contributed by atoms with E-state index in [9.17, 15) is 4.79 Å². The van der Waals surface area contributed by atoms with Crippen LogP contribution in [0.3, 0.4) is 0 Å². The lowest BCUT2D eigenvalue weighted by Crippen LogP contribution is -2.36. The number of carbonyl (C=O) groups is 1. The number of nitrogens with zero attached hydrogens (tertiary/aromatic N) is 3. The largest absolute Gasteiger partial charge is 0.465 e. The molecule has 2 rings (SSSR count). The molecule has 1 aliphatic heterocycles. The summed E-state index contributed by atoms with van der Waals surface area (Å²) in [4.78, 5) is 16.5. The van der Waals surface area contributed by atoms with Gasteiger partial charge < -0.3 is 14.6 Å². The lowest BCUT2D eigenvalue weighted by molar-refractivity contribution is 0.132. The van der Waals surface area contributed by atoms with Gasteiger partial charge in [0, 0.05) is 32.3 Å². The van der Waals surface area contributed by atoms with Crippen molar-refractivity contribution < 1.29 is 9.90 Å². The van der Waals surface area contributed by atoms with Crippen molar-refractivity contribution in [1.82, 2.24) is 14.5 Å². The normalized spacial score (nSPS) is 18.1. The lowest BCUT2D eigenvalue weighted by atomic mass is 9.94. The van der Waals surface area contributed by atoms with E-state index in [2.05, 4.69) is 4.98 Å². The molecule has 1 N–H and O–H groups in total. The fraction of sp³-hybridized carbons (Fsp3) is 0.600. The first-order chi connectivity index (χ1) is 7.16. The zero-order valence-electron chi connectivity index (χ0n) is 8.76. The van der Waals surface area contributed by atoms with Crippen molar-refractivity contribution in [3.05, 3.63) is 18.2 Å². The molecule has 82 valence electrons. The quantitative estimate of drug-likeness (QED) is 0.758. The van der Waals surface area contributed by atoms with E-state index in [4.69, 9.17) is 5.11 Å². The minimum absolute atomic E-state index is 0.418. The summed E-state index contributed by atoms with van der Waals surface area (Å²) in [6, 6.07) is 0. The van der Waals surface area contributed by atoms with Crippen molar-refractivity contribution in [2.75, 3.05) is 13.1 Å². The monoisotopic (exact) mass is 209 g/mol. The number of aromatic nitrogens is 2. The highest BCUT2D eigenvalue weighted by Gasteiger charge is 2.24.